The Balaban J connectivity index is 1.78. The summed E-state index contributed by atoms with van der Waals surface area (Å²) >= 11 is 11.8. The normalized spacial score (nSPS) is 19.2. The van der Waals surface area contributed by atoms with Crippen LogP contribution in [-0.2, 0) is 4.79 Å². The van der Waals surface area contributed by atoms with Crippen LogP contribution in [0, 0.1) is 0 Å². The maximum absolute atomic E-state index is 10.5. The van der Waals surface area contributed by atoms with E-state index in [1.165, 1.54) is 0 Å². The Morgan fingerprint density at radius 2 is 2.20 bits per heavy atom. The van der Waals surface area contributed by atoms with Crippen molar-refractivity contribution in [2.75, 3.05) is 19.6 Å². The van der Waals surface area contributed by atoms with Gasteiger partial charge in [-0.25, -0.2) is 0 Å². The van der Waals surface area contributed by atoms with E-state index in [0.29, 0.717) is 16.5 Å². The lowest BCUT2D eigenvalue weighted by Gasteiger charge is -2.16. The van der Waals surface area contributed by atoms with Crippen LogP contribution in [0.4, 0.5) is 0 Å². The highest BCUT2D eigenvalue weighted by atomic mass is 35.5. The van der Waals surface area contributed by atoms with Gasteiger partial charge in [0.2, 0.25) is 0 Å². The second-order valence-electron chi connectivity index (χ2n) is 4.90. The Kier molecular flexibility index (Phi) is 5.52. The fraction of sp³-hybridized carbons (Fsp3) is 0.500. The van der Waals surface area contributed by atoms with E-state index in [-0.39, 0.29) is 12.5 Å². The van der Waals surface area contributed by atoms with Gasteiger partial charge in [-0.2, -0.15) is 0 Å². The van der Waals surface area contributed by atoms with Gasteiger partial charge >= 0.3 is 5.97 Å². The lowest BCUT2D eigenvalue weighted by Crippen LogP contribution is -2.26. The first-order valence-corrected chi connectivity index (χ1v) is 7.36. The molecule has 6 heteroatoms. The van der Waals surface area contributed by atoms with E-state index >= 15 is 0 Å². The van der Waals surface area contributed by atoms with Crippen molar-refractivity contribution in [3.63, 3.8) is 0 Å². The van der Waals surface area contributed by atoms with Crippen LogP contribution in [0.5, 0.6) is 5.75 Å². The number of nitrogens with zero attached hydrogens (tertiary/aromatic N) is 1. The zero-order valence-corrected chi connectivity index (χ0v) is 12.5. The van der Waals surface area contributed by atoms with E-state index < -0.39 is 5.97 Å². The minimum Gasteiger partial charge on any atom is -0.489 e. The Labute approximate surface area is 128 Å². The van der Waals surface area contributed by atoms with Crippen LogP contribution in [0.25, 0.3) is 0 Å². The van der Waals surface area contributed by atoms with Crippen LogP contribution < -0.4 is 4.74 Å². The number of carboxylic acids is 1. The maximum atomic E-state index is 10.5. The summed E-state index contributed by atoms with van der Waals surface area (Å²) in [7, 11) is 0. The van der Waals surface area contributed by atoms with Crippen LogP contribution >= 0.6 is 23.2 Å². The van der Waals surface area contributed by atoms with Crippen molar-refractivity contribution in [3.8, 4) is 5.75 Å². The molecule has 1 aromatic rings. The predicted octanol–water partition coefficient (Wildman–Crippen LogP) is 3.31. The first-order valence-electron chi connectivity index (χ1n) is 6.60. The number of aliphatic carboxylic acids is 1. The number of hydrogen-bond donors (Lipinski definition) is 1. The Morgan fingerprint density at radius 3 is 2.90 bits per heavy atom. The van der Waals surface area contributed by atoms with Crippen molar-refractivity contribution in [2.24, 2.45) is 0 Å². The molecule has 4 nitrogen and oxygen atoms in total. The zero-order valence-electron chi connectivity index (χ0n) is 11.0. The standard InChI is InChI=1S/C14H17Cl2NO3/c15-12-4-3-10(8-13(12)16)20-11-5-7-17(9-11)6-1-2-14(18)19/h3-4,8,11H,1-2,5-7,9H2,(H,18,19)/t11-/m0/s1. The van der Waals surface area contributed by atoms with Crippen LogP contribution in [0.1, 0.15) is 19.3 Å². The highest BCUT2D eigenvalue weighted by Crippen LogP contribution is 2.28. The van der Waals surface area contributed by atoms with Gasteiger partial charge < -0.3 is 9.84 Å². The number of halogens is 2. The predicted molar refractivity (Wildman–Crippen MR) is 78.8 cm³/mol. The van der Waals surface area contributed by atoms with E-state index in [1.54, 1.807) is 18.2 Å². The third-order valence-electron chi connectivity index (χ3n) is 3.29. The van der Waals surface area contributed by atoms with Crippen molar-refractivity contribution < 1.29 is 14.6 Å². The molecule has 1 aliphatic rings. The van der Waals surface area contributed by atoms with E-state index in [2.05, 4.69) is 4.90 Å². The molecule has 1 aliphatic heterocycles. The lowest BCUT2D eigenvalue weighted by atomic mass is 10.3. The first kappa shape index (κ1) is 15.4. The van der Waals surface area contributed by atoms with Crippen molar-refractivity contribution in [3.05, 3.63) is 28.2 Å². The first-order chi connectivity index (χ1) is 9.54. The minimum atomic E-state index is -0.743. The molecule has 2 rings (SSSR count). The van der Waals surface area contributed by atoms with Gasteiger partial charge in [0.1, 0.15) is 11.9 Å². The summed E-state index contributed by atoms with van der Waals surface area (Å²) in [5.41, 5.74) is 0. The van der Waals surface area contributed by atoms with E-state index in [0.717, 1.165) is 31.8 Å². The van der Waals surface area contributed by atoms with Gasteiger partial charge in [0.25, 0.3) is 0 Å². The molecule has 20 heavy (non-hydrogen) atoms. The lowest BCUT2D eigenvalue weighted by molar-refractivity contribution is -0.137. The number of carboxylic acid groups (broad SMARTS) is 1. The topological polar surface area (TPSA) is 49.8 Å². The molecule has 1 N–H and O–H groups in total. The molecule has 1 heterocycles. The largest absolute Gasteiger partial charge is 0.489 e. The summed E-state index contributed by atoms with van der Waals surface area (Å²) < 4.78 is 5.87. The second kappa shape index (κ2) is 7.16. The highest BCUT2D eigenvalue weighted by molar-refractivity contribution is 6.42. The van der Waals surface area contributed by atoms with Gasteiger partial charge in [-0.15, -0.1) is 0 Å². The molecule has 1 atom stereocenters. The average molecular weight is 318 g/mol. The van der Waals surface area contributed by atoms with Crippen molar-refractivity contribution in [2.45, 2.75) is 25.4 Å². The summed E-state index contributed by atoms with van der Waals surface area (Å²) in [5.74, 6) is -0.0235. The van der Waals surface area contributed by atoms with E-state index in [1.807, 2.05) is 0 Å². The molecule has 1 saturated heterocycles. The number of benzene rings is 1. The third kappa shape index (κ3) is 4.54. The van der Waals surface area contributed by atoms with Crippen LogP contribution in [-0.4, -0.2) is 41.7 Å². The zero-order chi connectivity index (χ0) is 14.5. The number of likely N-dealkylation sites (tertiary alicyclic amines) is 1. The molecule has 1 aromatic carbocycles. The van der Waals surface area contributed by atoms with Gasteiger partial charge in [-0.3, -0.25) is 9.69 Å². The number of hydrogen-bond acceptors (Lipinski definition) is 3. The molecule has 110 valence electrons. The minimum absolute atomic E-state index is 0.122. The average Bonchev–Trinajstić information content (AvgIpc) is 2.81. The number of ether oxygens (including phenoxy) is 1. The van der Waals surface area contributed by atoms with Crippen LogP contribution in [0.2, 0.25) is 10.0 Å². The Bertz CT molecular complexity index is 481. The summed E-state index contributed by atoms with van der Waals surface area (Å²) in [6, 6.07) is 5.25. The SMILES string of the molecule is O=C(O)CCCN1CC[C@H](Oc2ccc(Cl)c(Cl)c2)C1. The Morgan fingerprint density at radius 1 is 1.40 bits per heavy atom. The molecule has 0 spiro atoms. The van der Waals surface area contributed by atoms with Crippen molar-refractivity contribution in [1.29, 1.82) is 0 Å². The molecule has 0 saturated carbocycles. The second-order valence-corrected chi connectivity index (χ2v) is 5.72. The third-order valence-corrected chi connectivity index (χ3v) is 4.03. The summed E-state index contributed by atoms with van der Waals surface area (Å²) in [4.78, 5) is 12.7. The van der Waals surface area contributed by atoms with Gasteiger partial charge in [0.05, 0.1) is 10.0 Å². The van der Waals surface area contributed by atoms with Gasteiger partial charge in [-0.05, 0) is 31.5 Å². The molecular formula is C14H17Cl2NO3. The van der Waals surface area contributed by atoms with Crippen molar-refractivity contribution >= 4 is 29.2 Å². The summed E-state index contributed by atoms with van der Waals surface area (Å²) in [6.07, 6.45) is 1.95. The van der Waals surface area contributed by atoms with E-state index in [4.69, 9.17) is 33.0 Å². The van der Waals surface area contributed by atoms with Crippen LogP contribution in [0.15, 0.2) is 18.2 Å². The maximum Gasteiger partial charge on any atom is 0.303 e. The van der Waals surface area contributed by atoms with Gasteiger partial charge in [-0.1, -0.05) is 23.2 Å². The molecule has 0 radical (unpaired) electrons. The Hall–Kier alpha value is -0.970. The molecule has 0 amide bonds. The summed E-state index contributed by atoms with van der Waals surface area (Å²) in [6.45, 7) is 2.55. The summed E-state index contributed by atoms with van der Waals surface area (Å²) in [5, 5.41) is 9.62. The van der Waals surface area contributed by atoms with E-state index in [9.17, 15) is 4.79 Å². The number of carbonyl (C=O) groups is 1. The molecule has 0 aliphatic carbocycles. The van der Waals surface area contributed by atoms with Crippen LogP contribution in [0.3, 0.4) is 0 Å². The highest BCUT2D eigenvalue weighted by Gasteiger charge is 2.23. The van der Waals surface area contributed by atoms with Gasteiger partial charge in [0, 0.05) is 25.6 Å². The van der Waals surface area contributed by atoms with Gasteiger partial charge in [0.15, 0.2) is 0 Å². The fourth-order valence-corrected chi connectivity index (χ4v) is 2.58. The van der Waals surface area contributed by atoms with Crippen molar-refractivity contribution in [1.82, 2.24) is 4.90 Å². The smallest absolute Gasteiger partial charge is 0.303 e. The number of rotatable bonds is 6. The monoisotopic (exact) mass is 317 g/mol. The quantitative estimate of drug-likeness (QED) is 0.874. The molecule has 0 bridgehead atoms. The fourth-order valence-electron chi connectivity index (χ4n) is 2.29. The molecule has 0 unspecified atom stereocenters. The molecule has 0 aromatic heterocycles. The molecular weight excluding hydrogens is 301 g/mol. The molecule has 1 fully saturated rings.